The summed E-state index contributed by atoms with van der Waals surface area (Å²) in [5.41, 5.74) is 1.99. The first-order valence-corrected chi connectivity index (χ1v) is 7.78. The summed E-state index contributed by atoms with van der Waals surface area (Å²) in [5.74, 6) is 0.434. The molecule has 4 nitrogen and oxygen atoms in total. The van der Waals surface area contributed by atoms with Gasteiger partial charge in [0.25, 0.3) is 5.91 Å². The molecule has 1 N–H and O–H groups in total. The zero-order valence-electron chi connectivity index (χ0n) is 12.8. The maximum absolute atomic E-state index is 12.2. The van der Waals surface area contributed by atoms with Crippen LogP contribution in [0, 0.1) is 0 Å². The summed E-state index contributed by atoms with van der Waals surface area (Å²) >= 11 is 5.91. The number of benzene rings is 2. The Bertz CT molecular complexity index is 838. The van der Waals surface area contributed by atoms with Crippen LogP contribution in [-0.4, -0.2) is 10.9 Å². The van der Waals surface area contributed by atoms with Gasteiger partial charge in [-0.2, -0.15) is 0 Å². The lowest BCUT2D eigenvalue weighted by Gasteiger charge is -2.09. The lowest BCUT2D eigenvalue weighted by molar-refractivity contribution is 0.102. The van der Waals surface area contributed by atoms with Crippen LogP contribution < -0.4 is 10.1 Å². The fourth-order valence-electron chi connectivity index (χ4n) is 2.14. The number of anilines is 1. The molecule has 0 aliphatic heterocycles. The first-order valence-electron chi connectivity index (χ1n) is 7.40. The Balaban J connectivity index is 1.65. The van der Waals surface area contributed by atoms with Crippen LogP contribution in [0.2, 0.25) is 5.02 Å². The van der Waals surface area contributed by atoms with E-state index in [1.165, 1.54) is 0 Å². The quantitative estimate of drug-likeness (QED) is 0.741. The molecule has 3 rings (SSSR count). The zero-order chi connectivity index (χ0) is 16.8. The predicted octanol–water partition coefficient (Wildman–Crippen LogP) is 4.57. The summed E-state index contributed by atoms with van der Waals surface area (Å²) in [4.78, 5) is 16.4. The van der Waals surface area contributed by atoms with Crippen LogP contribution in [0.3, 0.4) is 0 Å². The number of ether oxygens (including phenoxy) is 1. The van der Waals surface area contributed by atoms with E-state index >= 15 is 0 Å². The van der Waals surface area contributed by atoms with Crippen molar-refractivity contribution in [2.45, 2.75) is 6.61 Å². The third-order valence-electron chi connectivity index (χ3n) is 3.29. The van der Waals surface area contributed by atoms with Crippen molar-refractivity contribution in [2.24, 2.45) is 0 Å². The van der Waals surface area contributed by atoms with Gasteiger partial charge in [-0.15, -0.1) is 0 Å². The van der Waals surface area contributed by atoms with Gasteiger partial charge in [-0.3, -0.25) is 9.78 Å². The van der Waals surface area contributed by atoms with Gasteiger partial charge in [-0.1, -0.05) is 29.8 Å². The SMILES string of the molecule is O=C(Nc1cccc(OCc2ccccn2)c1)c1cccc(Cl)c1. The summed E-state index contributed by atoms with van der Waals surface area (Å²) in [6.45, 7) is 0.368. The van der Waals surface area contributed by atoms with Crippen LogP contribution in [0.25, 0.3) is 0 Å². The highest BCUT2D eigenvalue weighted by molar-refractivity contribution is 6.31. The average Bonchev–Trinajstić information content (AvgIpc) is 2.61. The fraction of sp³-hybridized carbons (Fsp3) is 0.0526. The Hall–Kier alpha value is -2.85. The van der Waals surface area contributed by atoms with Crippen molar-refractivity contribution in [1.29, 1.82) is 0 Å². The molecule has 0 atom stereocenters. The van der Waals surface area contributed by atoms with Crippen LogP contribution in [0.5, 0.6) is 5.75 Å². The number of hydrogen-bond acceptors (Lipinski definition) is 3. The normalized spacial score (nSPS) is 10.2. The second-order valence-electron chi connectivity index (χ2n) is 5.10. The van der Waals surface area contributed by atoms with E-state index in [-0.39, 0.29) is 5.91 Å². The molecular weight excluding hydrogens is 324 g/mol. The average molecular weight is 339 g/mol. The van der Waals surface area contributed by atoms with Gasteiger partial charge in [0.05, 0.1) is 5.69 Å². The van der Waals surface area contributed by atoms with Gasteiger partial charge < -0.3 is 10.1 Å². The van der Waals surface area contributed by atoms with Gasteiger partial charge in [0, 0.05) is 28.5 Å². The summed E-state index contributed by atoms with van der Waals surface area (Å²) in [6.07, 6.45) is 1.72. The van der Waals surface area contributed by atoms with E-state index in [1.54, 1.807) is 42.6 Å². The molecule has 0 spiro atoms. The third kappa shape index (κ3) is 4.33. The molecule has 0 radical (unpaired) electrons. The van der Waals surface area contributed by atoms with Gasteiger partial charge >= 0.3 is 0 Å². The molecule has 3 aromatic rings. The number of pyridine rings is 1. The highest BCUT2D eigenvalue weighted by Gasteiger charge is 2.07. The smallest absolute Gasteiger partial charge is 0.255 e. The lowest BCUT2D eigenvalue weighted by Crippen LogP contribution is -2.11. The van der Waals surface area contributed by atoms with Gasteiger partial charge in [-0.25, -0.2) is 0 Å². The summed E-state index contributed by atoms with van der Waals surface area (Å²) in [7, 11) is 0. The molecule has 0 unspecified atom stereocenters. The molecule has 1 heterocycles. The van der Waals surface area contributed by atoms with E-state index < -0.39 is 0 Å². The number of halogens is 1. The van der Waals surface area contributed by atoms with Crippen molar-refractivity contribution in [1.82, 2.24) is 4.98 Å². The van der Waals surface area contributed by atoms with Crippen molar-refractivity contribution in [3.8, 4) is 5.75 Å². The molecule has 5 heteroatoms. The molecule has 120 valence electrons. The van der Waals surface area contributed by atoms with Gasteiger partial charge in [-0.05, 0) is 42.5 Å². The maximum atomic E-state index is 12.2. The van der Waals surface area contributed by atoms with Crippen LogP contribution in [0.15, 0.2) is 72.9 Å². The van der Waals surface area contributed by atoms with Gasteiger partial charge in [0.1, 0.15) is 12.4 Å². The van der Waals surface area contributed by atoms with Crippen LogP contribution >= 0.6 is 11.6 Å². The van der Waals surface area contributed by atoms with E-state index in [1.807, 2.05) is 30.3 Å². The first-order chi connectivity index (χ1) is 11.7. The molecule has 0 aliphatic carbocycles. The van der Waals surface area contributed by atoms with Crippen LogP contribution in [0.1, 0.15) is 16.1 Å². The number of nitrogens with one attached hydrogen (secondary N) is 1. The van der Waals surface area contributed by atoms with Crippen molar-refractivity contribution < 1.29 is 9.53 Å². The molecule has 0 fully saturated rings. The molecule has 1 aromatic heterocycles. The van der Waals surface area contributed by atoms with E-state index in [4.69, 9.17) is 16.3 Å². The molecule has 2 aromatic carbocycles. The van der Waals surface area contributed by atoms with E-state index in [2.05, 4.69) is 10.3 Å². The van der Waals surface area contributed by atoms with Crippen molar-refractivity contribution in [2.75, 3.05) is 5.32 Å². The Morgan fingerprint density at radius 2 is 1.92 bits per heavy atom. The minimum atomic E-state index is -0.223. The standard InChI is InChI=1S/C19H15ClN2O2/c20-15-6-3-5-14(11-15)19(23)22-16-8-4-9-18(12-16)24-13-17-7-1-2-10-21-17/h1-12H,13H2,(H,22,23). The van der Waals surface area contributed by atoms with E-state index in [0.717, 1.165) is 5.69 Å². The summed E-state index contributed by atoms with van der Waals surface area (Å²) in [5, 5.41) is 3.35. The number of aromatic nitrogens is 1. The topological polar surface area (TPSA) is 51.2 Å². The van der Waals surface area contributed by atoms with E-state index in [9.17, 15) is 4.79 Å². The highest BCUT2D eigenvalue weighted by Crippen LogP contribution is 2.19. The van der Waals surface area contributed by atoms with Gasteiger partial charge in [0.15, 0.2) is 0 Å². The second kappa shape index (κ2) is 7.62. The van der Waals surface area contributed by atoms with E-state index in [0.29, 0.717) is 28.6 Å². The summed E-state index contributed by atoms with van der Waals surface area (Å²) < 4.78 is 5.70. The van der Waals surface area contributed by atoms with Gasteiger partial charge in [0.2, 0.25) is 0 Å². The molecule has 0 bridgehead atoms. The molecular formula is C19H15ClN2O2. The fourth-order valence-corrected chi connectivity index (χ4v) is 2.33. The van der Waals surface area contributed by atoms with Crippen molar-refractivity contribution in [3.63, 3.8) is 0 Å². The van der Waals surface area contributed by atoms with Crippen molar-refractivity contribution >= 4 is 23.2 Å². The molecule has 0 saturated heterocycles. The Labute approximate surface area is 145 Å². The largest absolute Gasteiger partial charge is 0.487 e. The number of nitrogens with zero attached hydrogens (tertiary/aromatic N) is 1. The number of hydrogen-bond donors (Lipinski definition) is 1. The van der Waals surface area contributed by atoms with Crippen molar-refractivity contribution in [3.05, 3.63) is 89.2 Å². The maximum Gasteiger partial charge on any atom is 0.255 e. The number of amides is 1. The number of carbonyl (C=O) groups excluding carboxylic acids is 1. The van der Waals surface area contributed by atoms with Crippen LogP contribution in [-0.2, 0) is 6.61 Å². The van der Waals surface area contributed by atoms with Crippen LogP contribution in [0.4, 0.5) is 5.69 Å². The second-order valence-corrected chi connectivity index (χ2v) is 5.54. The highest BCUT2D eigenvalue weighted by atomic mass is 35.5. The summed E-state index contributed by atoms with van der Waals surface area (Å²) in [6, 6.07) is 19.7. The Morgan fingerprint density at radius 3 is 2.71 bits per heavy atom. The predicted molar refractivity (Wildman–Crippen MR) is 94.4 cm³/mol. The Kier molecular flexibility index (Phi) is 5.08. The minimum Gasteiger partial charge on any atom is -0.487 e. The minimum absolute atomic E-state index is 0.223. The Morgan fingerprint density at radius 1 is 1.04 bits per heavy atom. The number of carbonyl (C=O) groups is 1. The molecule has 0 aliphatic rings. The third-order valence-corrected chi connectivity index (χ3v) is 3.53. The zero-order valence-corrected chi connectivity index (χ0v) is 13.5. The number of rotatable bonds is 5. The molecule has 0 saturated carbocycles. The lowest BCUT2D eigenvalue weighted by atomic mass is 10.2. The molecule has 24 heavy (non-hydrogen) atoms. The molecule has 1 amide bonds. The monoisotopic (exact) mass is 338 g/mol. The first kappa shape index (κ1) is 16.0.